The van der Waals surface area contributed by atoms with Gasteiger partial charge in [-0.2, -0.15) is 8.42 Å². The van der Waals surface area contributed by atoms with Crippen LogP contribution in [0.15, 0.2) is 0 Å². The van der Waals surface area contributed by atoms with Crippen LogP contribution in [0.1, 0.15) is 12.8 Å². The quantitative estimate of drug-likeness (QED) is 0.241. The van der Waals surface area contributed by atoms with Crippen LogP contribution in [-0.2, 0) is 14.9 Å². The van der Waals surface area contributed by atoms with Gasteiger partial charge >= 0.3 is 0 Å². The lowest BCUT2D eigenvalue weighted by molar-refractivity contribution is -0.135. The summed E-state index contributed by atoms with van der Waals surface area (Å²) < 4.78 is 36.3. The van der Waals surface area contributed by atoms with E-state index >= 15 is 0 Å². The van der Waals surface area contributed by atoms with Crippen molar-refractivity contribution in [3.8, 4) is 0 Å². The van der Waals surface area contributed by atoms with Crippen LogP contribution in [0.2, 0.25) is 1.41 Å². The molecular formula is C9H19NO8S. The van der Waals surface area contributed by atoms with Crippen molar-refractivity contribution in [3.63, 3.8) is 0 Å². The molecular weight excluding hydrogens is 282 g/mol. The number of primary amides is 1. The van der Waals surface area contributed by atoms with Crippen LogP contribution in [0.3, 0.4) is 0 Å². The van der Waals surface area contributed by atoms with E-state index in [9.17, 15) is 28.5 Å². The Hall–Kier alpha value is -0.780. The van der Waals surface area contributed by atoms with Crippen molar-refractivity contribution in [2.75, 3.05) is 12.4 Å². The van der Waals surface area contributed by atoms with Crippen LogP contribution in [0.25, 0.3) is 0 Å². The third kappa shape index (κ3) is 6.80. The van der Waals surface area contributed by atoms with E-state index in [0.717, 1.165) is 0 Å². The van der Waals surface area contributed by atoms with E-state index in [1.54, 1.807) is 0 Å². The SMILES string of the molecule is [2H]NC(=O)[C@H](CCCS(=O)(=O)O)[C@@H](O)[C@H](O)[C@H](O)CO. The lowest BCUT2D eigenvalue weighted by atomic mass is 9.90. The summed E-state index contributed by atoms with van der Waals surface area (Å²) in [5, 5.41) is 37.0. The topological polar surface area (TPSA) is 178 Å². The van der Waals surface area contributed by atoms with Gasteiger partial charge in [0.25, 0.3) is 10.1 Å². The minimum atomic E-state index is -4.23. The van der Waals surface area contributed by atoms with Crippen LogP contribution < -0.4 is 5.73 Å². The van der Waals surface area contributed by atoms with Gasteiger partial charge in [0.05, 0.1) is 24.4 Å². The lowest BCUT2D eigenvalue weighted by Crippen LogP contribution is -2.47. The molecule has 0 bridgehead atoms. The van der Waals surface area contributed by atoms with Crippen molar-refractivity contribution in [1.29, 1.82) is 0 Å². The average molecular weight is 302 g/mol. The number of aliphatic hydroxyl groups is 4. The minimum Gasteiger partial charge on any atom is -0.394 e. The second-order valence-corrected chi connectivity index (χ2v) is 5.70. The van der Waals surface area contributed by atoms with Gasteiger partial charge in [-0.05, 0) is 12.8 Å². The molecule has 0 heterocycles. The van der Waals surface area contributed by atoms with Crippen LogP contribution in [0, 0.1) is 5.92 Å². The fraction of sp³-hybridized carbons (Fsp3) is 0.889. The smallest absolute Gasteiger partial charge is 0.264 e. The van der Waals surface area contributed by atoms with Crippen molar-refractivity contribution in [2.24, 2.45) is 11.6 Å². The molecule has 0 aromatic rings. The van der Waals surface area contributed by atoms with E-state index in [2.05, 4.69) is 0 Å². The first-order valence-corrected chi connectivity index (χ1v) is 7.06. The summed E-state index contributed by atoms with van der Waals surface area (Å²) in [5.74, 6) is -3.01. The zero-order valence-electron chi connectivity index (χ0n) is 11.0. The van der Waals surface area contributed by atoms with Crippen LogP contribution in [-0.4, -0.2) is 70.0 Å². The zero-order chi connectivity index (χ0) is 15.9. The fourth-order valence-electron chi connectivity index (χ4n) is 1.52. The molecule has 0 aromatic carbocycles. The highest BCUT2D eigenvalue weighted by molar-refractivity contribution is 7.85. The van der Waals surface area contributed by atoms with Gasteiger partial charge in [-0.3, -0.25) is 9.35 Å². The zero-order valence-corrected chi connectivity index (χ0v) is 10.8. The predicted molar refractivity (Wildman–Crippen MR) is 63.4 cm³/mol. The number of hydrogen-bond donors (Lipinski definition) is 6. The van der Waals surface area contributed by atoms with Gasteiger partial charge in [-0.1, -0.05) is 0 Å². The second kappa shape index (κ2) is 7.72. The molecule has 0 spiro atoms. The number of aliphatic hydroxyl groups excluding tert-OH is 4. The van der Waals surface area contributed by atoms with E-state index in [4.69, 9.17) is 11.1 Å². The van der Waals surface area contributed by atoms with Crippen molar-refractivity contribution >= 4 is 16.0 Å². The Labute approximate surface area is 111 Å². The standard InChI is InChI=1S/C9H19NO8S/c10-9(15)5(2-1-3-19(16,17)18)7(13)8(14)6(12)4-11/h5-8,11-14H,1-4H2,(H2,10,15)(H,16,17,18)/t5-,6-,7-,8-/m1/s1/i/hD. The van der Waals surface area contributed by atoms with Crippen LogP contribution in [0.5, 0.6) is 0 Å². The van der Waals surface area contributed by atoms with E-state index in [1.165, 1.54) is 5.73 Å². The van der Waals surface area contributed by atoms with E-state index in [0.29, 0.717) is 0 Å². The monoisotopic (exact) mass is 302 g/mol. The van der Waals surface area contributed by atoms with Gasteiger partial charge in [-0.15, -0.1) is 0 Å². The fourth-order valence-corrected chi connectivity index (χ4v) is 2.05. The molecule has 0 aromatic heterocycles. The molecule has 0 radical (unpaired) electrons. The predicted octanol–water partition coefficient (Wildman–Crippen LogP) is -3.17. The Morgan fingerprint density at radius 1 is 1.26 bits per heavy atom. The Kier molecular flexibility index (Phi) is 6.62. The van der Waals surface area contributed by atoms with Crippen LogP contribution in [0.4, 0.5) is 0 Å². The van der Waals surface area contributed by atoms with Gasteiger partial charge < -0.3 is 26.2 Å². The molecule has 0 fully saturated rings. The molecule has 9 nitrogen and oxygen atoms in total. The lowest BCUT2D eigenvalue weighted by Gasteiger charge is -2.26. The van der Waals surface area contributed by atoms with E-state index in [1.807, 2.05) is 0 Å². The largest absolute Gasteiger partial charge is 0.394 e. The summed E-state index contributed by atoms with van der Waals surface area (Å²) >= 11 is 0. The molecule has 0 rings (SSSR count). The third-order valence-electron chi connectivity index (χ3n) is 2.60. The second-order valence-electron chi connectivity index (χ2n) is 4.13. The van der Waals surface area contributed by atoms with E-state index in [-0.39, 0.29) is 12.8 Å². The van der Waals surface area contributed by atoms with Gasteiger partial charge in [0.1, 0.15) is 12.2 Å². The van der Waals surface area contributed by atoms with Crippen molar-refractivity contribution < 1.29 is 39.6 Å². The van der Waals surface area contributed by atoms with Crippen molar-refractivity contribution in [1.82, 2.24) is 0 Å². The molecule has 0 aliphatic carbocycles. The molecule has 1 amide bonds. The normalized spacial score (nSPS) is 19.1. The maximum absolute atomic E-state index is 11.4. The first kappa shape index (κ1) is 16.3. The number of hydrogen-bond acceptors (Lipinski definition) is 7. The minimum absolute atomic E-state index is 0.198. The van der Waals surface area contributed by atoms with Crippen LogP contribution >= 0.6 is 0 Å². The molecule has 19 heavy (non-hydrogen) atoms. The molecule has 0 aliphatic rings. The van der Waals surface area contributed by atoms with E-state index < -0.39 is 52.6 Å². The Morgan fingerprint density at radius 3 is 2.26 bits per heavy atom. The highest BCUT2D eigenvalue weighted by Crippen LogP contribution is 2.17. The molecule has 0 saturated carbocycles. The summed E-state index contributed by atoms with van der Waals surface area (Å²) in [6.45, 7) is -0.849. The first-order chi connectivity index (χ1) is 9.14. The highest BCUT2D eigenvalue weighted by Gasteiger charge is 2.34. The van der Waals surface area contributed by atoms with Gasteiger partial charge in [0, 0.05) is 0 Å². The van der Waals surface area contributed by atoms with Gasteiger partial charge in [0.15, 0.2) is 1.41 Å². The summed E-state index contributed by atoms with van der Waals surface area (Å²) in [6, 6.07) is 0. The van der Waals surface area contributed by atoms with Crippen molar-refractivity contribution in [3.05, 3.63) is 0 Å². The number of carbonyl (C=O) groups excluding carboxylic acids is 1. The Bertz CT molecular complexity index is 403. The maximum atomic E-state index is 11.4. The molecule has 0 aliphatic heterocycles. The molecule has 0 unspecified atom stereocenters. The average Bonchev–Trinajstić information content (AvgIpc) is 2.39. The molecule has 7 N–H and O–H groups in total. The number of nitrogens with two attached hydrogens (primary N) is 1. The number of carbonyl (C=O) groups is 1. The van der Waals surface area contributed by atoms with Crippen molar-refractivity contribution in [2.45, 2.75) is 31.2 Å². The highest BCUT2D eigenvalue weighted by atomic mass is 32.2. The molecule has 0 saturated heterocycles. The molecule has 114 valence electrons. The Balaban J connectivity index is 4.75. The molecule has 10 heteroatoms. The molecule has 4 atom stereocenters. The number of amides is 1. The summed E-state index contributed by atoms with van der Waals surface area (Å²) in [6.07, 6.45) is -5.78. The maximum Gasteiger partial charge on any atom is 0.264 e. The van der Waals surface area contributed by atoms with Gasteiger partial charge in [0.2, 0.25) is 5.91 Å². The summed E-state index contributed by atoms with van der Waals surface area (Å²) in [4.78, 5) is 11.4. The van der Waals surface area contributed by atoms with Gasteiger partial charge in [-0.25, -0.2) is 0 Å². The Morgan fingerprint density at radius 2 is 1.84 bits per heavy atom. The first-order valence-electron chi connectivity index (χ1n) is 5.95. The summed E-state index contributed by atoms with van der Waals surface area (Å²) in [5.41, 5.74) is 1.49. The summed E-state index contributed by atoms with van der Waals surface area (Å²) in [7, 11) is -4.23. The third-order valence-corrected chi connectivity index (χ3v) is 3.40. The number of rotatable bonds is 9.